The monoisotopic (exact) mass is 311 g/mol. The van der Waals surface area contributed by atoms with Crippen LogP contribution in [0.15, 0.2) is 11.3 Å². The predicted octanol–water partition coefficient (Wildman–Crippen LogP) is 3.05. The molecule has 0 fully saturated rings. The molecule has 118 valence electrons. The van der Waals surface area contributed by atoms with Crippen LogP contribution in [0, 0.1) is 11.3 Å². The Morgan fingerprint density at radius 2 is 2.24 bits per heavy atom. The van der Waals surface area contributed by atoms with Crippen molar-refractivity contribution < 1.29 is 9.53 Å². The first-order chi connectivity index (χ1) is 9.87. The number of nitrogens with one attached hydrogen (secondary N) is 1. The number of rotatable bonds is 4. The van der Waals surface area contributed by atoms with Crippen LogP contribution in [0.25, 0.3) is 0 Å². The molecule has 1 rings (SSSR count). The van der Waals surface area contributed by atoms with E-state index in [2.05, 4.69) is 24.0 Å². The molecule has 1 aliphatic rings. The number of carbonyl (C=O) groups excluding carboxylic acids is 1. The lowest BCUT2D eigenvalue weighted by Crippen LogP contribution is -2.38. The molecule has 0 atom stereocenters. The Morgan fingerprint density at radius 3 is 2.81 bits per heavy atom. The maximum Gasteiger partial charge on any atom is 0.410 e. The van der Waals surface area contributed by atoms with Crippen molar-refractivity contribution in [1.82, 2.24) is 10.2 Å². The lowest BCUT2D eigenvalue weighted by molar-refractivity contribution is 0.0268. The van der Waals surface area contributed by atoms with Gasteiger partial charge in [0.05, 0.1) is 11.9 Å². The molecule has 0 aliphatic carbocycles. The van der Waals surface area contributed by atoms with Crippen molar-refractivity contribution in [3.63, 3.8) is 0 Å². The third-order valence-corrected chi connectivity index (χ3v) is 3.30. The maximum atomic E-state index is 12.2. The number of nitriles is 1. The molecule has 5 nitrogen and oxygen atoms in total. The standard InChI is InChI=1S/C15H25N3O2S/c1-15(2,3)20-14(19)18-9-5-7-13(17-11-21)12(10-18)6-4-8-16/h17,21H,4-7,9-11H2,1-3H3. The average Bonchev–Trinajstić information content (AvgIpc) is 2.57. The molecule has 1 aliphatic heterocycles. The summed E-state index contributed by atoms with van der Waals surface area (Å²) in [6.07, 6.45) is 2.59. The van der Waals surface area contributed by atoms with E-state index in [0.717, 1.165) is 24.1 Å². The molecule has 1 amide bonds. The summed E-state index contributed by atoms with van der Waals surface area (Å²) >= 11 is 4.20. The highest BCUT2D eigenvalue weighted by Gasteiger charge is 2.25. The van der Waals surface area contributed by atoms with Gasteiger partial charge in [0.2, 0.25) is 0 Å². The molecule has 0 aromatic heterocycles. The zero-order valence-electron chi connectivity index (χ0n) is 13.1. The van der Waals surface area contributed by atoms with E-state index in [1.54, 1.807) is 4.90 Å². The van der Waals surface area contributed by atoms with Gasteiger partial charge in [-0.05, 0) is 45.6 Å². The first-order valence-corrected chi connectivity index (χ1v) is 7.91. The number of thiol groups is 1. The second kappa shape index (κ2) is 8.18. The van der Waals surface area contributed by atoms with Crippen molar-refractivity contribution >= 4 is 18.7 Å². The predicted molar refractivity (Wildman–Crippen MR) is 85.9 cm³/mol. The van der Waals surface area contributed by atoms with E-state index in [-0.39, 0.29) is 6.09 Å². The number of hydrogen-bond donors (Lipinski definition) is 2. The summed E-state index contributed by atoms with van der Waals surface area (Å²) in [6, 6.07) is 2.16. The van der Waals surface area contributed by atoms with Crippen molar-refractivity contribution in [2.24, 2.45) is 0 Å². The van der Waals surface area contributed by atoms with Gasteiger partial charge < -0.3 is 15.0 Å². The fraction of sp³-hybridized carbons (Fsp3) is 0.733. The van der Waals surface area contributed by atoms with Gasteiger partial charge in [0.1, 0.15) is 5.60 Å². The Hall–Kier alpha value is -1.35. The minimum atomic E-state index is -0.494. The fourth-order valence-electron chi connectivity index (χ4n) is 2.26. The lowest BCUT2D eigenvalue weighted by atomic mass is 10.1. The van der Waals surface area contributed by atoms with Crippen LogP contribution >= 0.6 is 12.6 Å². The van der Waals surface area contributed by atoms with Crippen molar-refractivity contribution in [3.05, 3.63) is 11.3 Å². The molecule has 0 spiro atoms. The summed E-state index contributed by atoms with van der Waals surface area (Å²) in [5.41, 5.74) is 1.73. The molecule has 0 bridgehead atoms. The van der Waals surface area contributed by atoms with Crippen molar-refractivity contribution in [2.75, 3.05) is 19.0 Å². The number of ether oxygens (including phenoxy) is 1. The van der Waals surface area contributed by atoms with E-state index in [9.17, 15) is 4.79 Å². The van der Waals surface area contributed by atoms with Gasteiger partial charge in [-0.2, -0.15) is 17.9 Å². The highest BCUT2D eigenvalue weighted by molar-refractivity contribution is 7.80. The van der Waals surface area contributed by atoms with Crippen LogP contribution in [-0.4, -0.2) is 35.6 Å². The number of carbonyl (C=O) groups is 1. The molecule has 0 radical (unpaired) electrons. The van der Waals surface area contributed by atoms with Gasteiger partial charge >= 0.3 is 6.09 Å². The topological polar surface area (TPSA) is 65.4 Å². The first kappa shape index (κ1) is 17.7. The van der Waals surface area contributed by atoms with Crippen LogP contribution in [0.2, 0.25) is 0 Å². The lowest BCUT2D eigenvalue weighted by Gasteiger charge is -2.27. The first-order valence-electron chi connectivity index (χ1n) is 7.28. The molecule has 0 unspecified atom stereocenters. The van der Waals surface area contributed by atoms with E-state index < -0.39 is 5.60 Å². The molecule has 21 heavy (non-hydrogen) atoms. The summed E-state index contributed by atoms with van der Waals surface area (Å²) < 4.78 is 5.44. The van der Waals surface area contributed by atoms with E-state index in [1.807, 2.05) is 20.8 Å². The van der Waals surface area contributed by atoms with Gasteiger partial charge in [-0.15, -0.1) is 0 Å². The summed E-state index contributed by atoms with van der Waals surface area (Å²) in [6.45, 7) is 6.78. The van der Waals surface area contributed by atoms with Gasteiger partial charge in [0.15, 0.2) is 0 Å². The molecule has 0 saturated heterocycles. The van der Waals surface area contributed by atoms with Gasteiger partial charge in [0.25, 0.3) is 0 Å². The molecule has 1 N–H and O–H groups in total. The Kier molecular flexibility index (Phi) is 6.90. The number of amides is 1. The second-order valence-electron chi connectivity index (χ2n) is 6.08. The Bertz CT molecular complexity index is 435. The van der Waals surface area contributed by atoms with Crippen LogP contribution in [0.4, 0.5) is 4.79 Å². The summed E-state index contributed by atoms with van der Waals surface area (Å²) in [5, 5.41) is 12.0. The zero-order valence-corrected chi connectivity index (χ0v) is 14.0. The molecule has 0 aromatic rings. The molecule has 1 heterocycles. The third-order valence-electron chi connectivity index (χ3n) is 3.15. The van der Waals surface area contributed by atoms with Crippen molar-refractivity contribution in [3.8, 4) is 6.07 Å². The molecular weight excluding hydrogens is 286 g/mol. The molecule has 6 heteroatoms. The zero-order chi connectivity index (χ0) is 15.9. The van der Waals surface area contributed by atoms with Gasteiger partial charge in [-0.25, -0.2) is 4.79 Å². The molecule has 0 aromatic carbocycles. The summed E-state index contributed by atoms with van der Waals surface area (Å²) in [7, 11) is 0. The van der Waals surface area contributed by atoms with Crippen LogP contribution in [0.3, 0.4) is 0 Å². The average molecular weight is 311 g/mol. The SMILES string of the molecule is CC(C)(C)OC(=O)N1CCCC(NCS)=C(CCC#N)C1. The van der Waals surface area contributed by atoms with Crippen molar-refractivity contribution in [2.45, 2.75) is 52.1 Å². The summed E-state index contributed by atoms with van der Waals surface area (Å²) in [4.78, 5) is 14.0. The van der Waals surface area contributed by atoms with Gasteiger partial charge in [-0.1, -0.05) is 0 Å². The highest BCUT2D eigenvalue weighted by Crippen LogP contribution is 2.21. The van der Waals surface area contributed by atoms with Crippen LogP contribution in [0.5, 0.6) is 0 Å². The quantitative estimate of drug-likeness (QED) is 0.618. The van der Waals surface area contributed by atoms with E-state index in [4.69, 9.17) is 10.00 Å². The number of allylic oxidation sites excluding steroid dienone is 1. The summed E-state index contributed by atoms with van der Waals surface area (Å²) in [5.74, 6) is 0.553. The van der Waals surface area contributed by atoms with Crippen LogP contribution < -0.4 is 5.32 Å². The van der Waals surface area contributed by atoms with Crippen molar-refractivity contribution in [1.29, 1.82) is 5.26 Å². The Morgan fingerprint density at radius 1 is 1.52 bits per heavy atom. The van der Waals surface area contributed by atoms with Gasteiger partial charge in [-0.3, -0.25) is 0 Å². The number of nitrogens with zero attached hydrogens (tertiary/aromatic N) is 2. The third kappa shape index (κ3) is 6.30. The van der Waals surface area contributed by atoms with E-state index >= 15 is 0 Å². The van der Waals surface area contributed by atoms with Crippen LogP contribution in [-0.2, 0) is 4.74 Å². The maximum absolute atomic E-state index is 12.2. The fourth-order valence-corrected chi connectivity index (χ4v) is 2.45. The Balaban J connectivity index is 2.82. The largest absolute Gasteiger partial charge is 0.444 e. The van der Waals surface area contributed by atoms with E-state index in [0.29, 0.717) is 31.8 Å². The Labute approximate surface area is 132 Å². The molecular formula is C15H25N3O2S. The minimum absolute atomic E-state index is 0.288. The van der Waals surface area contributed by atoms with E-state index in [1.165, 1.54) is 0 Å². The normalized spacial score (nSPS) is 16.2. The smallest absolute Gasteiger partial charge is 0.410 e. The number of hydrogen-bond acceptors (Lipinski definition) is 5. The molecule has 0 saturated carbocycles. The van der Waals surface area contributed by atoms with Crippen LogP contribution in [0.1, 0.15) is 46.5 Å². The second-order valence-corrected chi connectivity index (χ2v) is 6.40. The highest BCUT2D eigenvalue weighted by atomic mass is 32.1. The van der Waals surface area contributed by atoms with Gasteiger partial charge in [0, 0.05) is 25.2 Å². The minimum Gasteiger partial charge on any atom is -0.444 e.